The molecule has 0 aromatic carbocycles. The standard InChI is InChI=1S/C22H29N5O3/c1-22-13-15(16(28)14-22)17-18(22)20(30)27(19(17)29)8-3-2-7-25-9-11-26(12-10-25)21-23-5-4-6-24-21/h4-6,15,17-18H,2-3,7-14H2,1H3. The highest BCUT2D eigenvalue weighted by Crippen LogP contribution is 2.61. The van der Waals surface area contributed by atoms with Crippen LogP contribution in [0.1, 0.15) is 32.6 Å². The number of fused-ring (bicyclic) bond motifs is 5. The Balaban J connectivity index is 1.08. The molecule has 0 radical (unpaired) electrons. The maximum atomic E-state index is 12.9. The van der Waals surface area contributed by atoms with E-state index in [4.69, 9.17) is 0 Å². The van der Waals surface area contributed by atoms with Crippen LogP contribution in [-0.2, 0) is 14.4 Å². The highest BCUT2D eigenvalue weighted by molar-refractivity contribution is 6.10. The summed E-state index contributed by atoms with van der Waals surface area (Å²) >= 11 is 0. The Morgan fingerprint density at radius 1 is 1.00 bits per heavy atom. The van der Waals surface area contributed by atoms with Gasteiger partial charge in [-0.3, -0.25) is 24.2 Å². The van der Waals surface area contributed by atoms with Crippen LogP contribution in [0.3, 0.4) is 0 Å². The van der Waals surface area contributed by atoms with Crippen molar-refractivity contribution in [3.05, 3.63) is 18.5 Å². The van der Waals surface area contributed by atoms with Crippen LogP contribution in [0.4, 0.5) is 5.95 Å². The Bertz CT molecular complexity index is 854. The largest absolute Gasteiger partial charge is 0.338 e. The van der Waals surface area contributed by atoms with Gasteiger partial charge in [0.25, 0.3) is 0 Å². The maximum absolute atomic E-state index is 12.9. The third-order valence-electron chi connectivity index (χ3n) is 7.62. The van der Waals surface area contributed by atoms with Crippen LogP contribution in [0.2, 0.25) is 0 Å². The molecule has 2 saturated heterocycles. The van der Waals surface area contributed by atoms with Crippen molar-refractivity contribution in [1.82, 2.24) is 19.8 Å². The SMILES string of the molecule is CC12CC(=O)C(C1)C1C(=O)N(CCCCN3CCN(c4ncccn4)CC3)C(=O)C12. The topological polar surface area (TPSA) is 86.7 Å². The first-order valence-corrected chi connectivity index (χ1v) is 11.1. The fraction of sp³-hybridized carbons (Fsp3) is 0.682. The quantitative estimate of drug-likeness (QED) is 0.509. The summed E-state index contributed by atoms with van der Waals surface area (Å²) < 4.78 is 0. The highest BCUT2D eigenvalue weighted by atomic mass is 16.2. The average molecular weight is 412 g/mol. The van der Waals surface area contributed by atoms with Gasteiger partial charge in [-0.2, -0.15) is 0 Å². The van der Waals surface area contributed by atoms with Crippen molar-refractivity contribution in [2.24, 2.45) is 23.2 Å². The maximum Gasteiger partial charge on any atom is 0.233 e. The molecule has 0 N–H and O–H groups in total. The minimum Gasteiger partial charge on any atom is -0.338 e. The molecule has 3 heterocycles. The zero-order valence-corrected chi connectivity index (χ0v) is 17.5. The van der Waals surface area contributed by atoms with Crippen LogP contribution in [0.5, 0.6) is 0 Å². The zero-order valence-electron chi connectivity index (χ0n) is 17.5. The first-order valence-electron chi connectivity index (χ1n) is 11.1. The molecule has 2 aliphatic carbocycles. The Hall–Kier alpha value is -2.35. The molecule has 1 aromatic rings. The van der Waals surface area contributed by atoms with E-state index in [9.17, 15) is 14.4 Å². The van der Waals surface area contributed by atoms with Crippen LogP contribution < -0.4 is 4.90 Å². The lowest BCUT2D eigenvalue weighted by Gasteiger charge is -2.34. The molecule has 1 aromatic heterocycles. The van der Waals surface area contributed by atoms with E-state index < -0.39 is 0 Å². The molecule has 30 heavy (non-hydrogen) atoms. The summed E-state index contributed by atoms with van der Waals surface area (Å²) in [4.78, 5) is 52.7. The van der Waals surface area contributed by atoms with Crippen molar-refractivity contribution < 1.29 is 14.4 Å². The first-order chi connectivity index (χ1) is 14.5. The predicted octanol–water partition coefficient (Wildman–Crippen LogP) is 0.979. The molecule has 4 aliphatic rings. The first kappa shape index (κ1) is 19.6. The van der Waals surface area contributed by atoms with E-state index in [2.05, 4.69) is 19.8 Å². The molecule has 2 amide bonds. The second-order valence-electron chi connectivity index (χ2n) is 9.52. The number of anilines is 1. The number of hydrogen-bond acceptors (Lipinski definition) is 7. The van der Waals surface area contributed by atoms with Gasteiger partial charge in [-0.15, -0.1) is 0 Å². The fourth-order valence-electron chi connectivity index (χ4n) is 6.12. The number of amides is 2. The van der Waals surface area contributed by atoms with Gasteiger partial charge in [-0.1, -0.05) is 6.92 Å². The van der Waals surface area contributed by atoms with Gasteiger partial charge in [0.05, 0.1) is 11.8 Å². The van der Waals surface area contributed by atoms with Crippen molar-refractivity contribution in [3.8, 4) is 0 Å². The van der Waals surface area contributed by atoms with Crippen molar-refractivity contribution in [1.29, 1.82) is 0 Å². The lowest BCUT2D eigenvalue weighted by molar-refractivity contribution is -0.141. The van der Waals surface area contributed by atoms with Crippen molar-refractivity contribution in [3.63, 3.8) is 0 Å². The number of aromatic nitrogens is 2. The van der Waals surface area contributed by atoms with E-state index in [0.717, 1.165) is 51.5 Å². The van der Waals surface area contributed by atoms with Crippen LogP contribution in [0.25, 0.3) is 0 Å². The fourth-order valence-corrected chi connectivity index (χ4v) is 6.12. The molecule has 0 spiro atoms. The summed E-state index contributed by atoms with van der Waals surface area (Å²) in [6.07, 6.45) is 6.48. The number of carbonyl (C=O) groups excluding carboxylic acids is 3. The van der Waals surface area contributed by atoms with Gasteiger partial charge in [0.15, 0.2) is 0 Å². The Labute approximate surface area is 176 Å². The van der Waals surface area contributed by atoms with Gasteiger partial charge in [-0.25, -0.2) is 9.97 Å². The van der Waals surface area contributed by atoms with Crippen molar-refractivity contribution >= 4 is 23.5 Å². The van der Waals surface area contributed by atoms with Crippen molar-refractivity contribution in [2.75, 3.05) is 44.2 Å². The van der Waals surface area contributed by atoms with E-state index in [-0.39, 0.29) is 40.8 Å². The lowest BCUT2D eigenvalue weighted by atomic mass is 9.72. The summed E-state index contributed by atoms with van der Waals surface area (Å²) in [6, 6.07) is 1.83. The van der Waals surface area contributed by atoms with Crippen LogP contribution in [0.15, 0.2) is 18.5 Å². The molecular formula is C22H29N5O3. The molecular weight excluding hydrogens is 382 g/mol. The normalized spacial score (nSPS) is 33.6. The molecule has 8 nitrogen and oxygen atoms in total. The van der Waals surface area contributed by atoms with E-state index >= 15 is 0 Å². The van der Waals surface area contributed by atoms with Gasteiger partial charge in [0.1, 0.15) is 5.78 Å². The summed E-state index contributed by atoms with van der Waals surface area (Å²) in [6.45, 7) is 7.21. The second kappa shape index (κ2) is 7.41. The van der Waals surface area contributed by atoms with E-state index in [1.54, 1.807) is 12.4 Å². The summed E-state index contributed by atoms with van der Waals surface area (Å²) in [5.74, 6) is -0.0109. The minimum atomic E-state index is -0.378. The summed E-state index contributed by atoms with van der Waals surface area (Å²) in [7, 11) is 0. The summed E-state index contributed by atoms with van der Waals surface area (Å²) in [5, 5.41) is 0. The molecule has 5 rings (SSSR count). The van der Waals surface area contributed by atoms with Gasteiger partial charge in [0.2, 0.25) is 17.8 Å². The number of hydrogen-bond donors (Lipinski definition) is 0. The Morgan fingerprint density at radius 3 is 2.43 bits per heavy atom. The smallest absolute Gasteiger partial charge is 0.233 e. The Morgan fingerprint density at radius 2 is 1.70 bits per heavy atom. The molecule has 2 aliphatic heterocycles. The zero-order chi connectivity index (χ0) is 20.9. The molecule has 8 heteroatoms. The molecule has 4 unspecified atom stereocenters. The van der Waals surface area contributed by atoms with Crippen LogP contribution in [-0.4, -0.2) is 76.6 Å². The average Bonchev–Trinajstić information content (AvgIpc) is 3.32. The second-order valence-corrected chi connectivity index (χ2v) is 9.52. The number of ketones is 1. The Kier molecular flexibility index (Phi) is 4.84. The van der Waals surface area contributed by atoms with E-state index in [1.165, 1.54) is 4.90 Å². The van der Waals surface area contributed by atoms with Gasteiger partial charge in [-0.05, 0) is 37.3 Å². The third-order valence-corrected chi connectivity index (χ3v) is 7.62. The van der Waals surface area contributed by atoms with Gasteiger partial charge < -0.3 is 4.90 Å². The molecule has 2 saturated carbocycles. The molecule has 2 bridgehead atoms. The number of rotatable bonds is 6. The lowest BCUT2D eigenvalue weighted by Crippen LogP contribution is -2.47. The van der Waals surface area contributed by atoms with E-state index in [0.29, 0.717) is 19.4 Å². The van der Waals surface area contributed by atoms with Crippen LogP contribution in [0, 0.1) is 23.2 Å². The number of likely N-dealkylation sites (tertiary alicyclic amines) is 1. The molecule has 160 valence electrons. The predicted molar refractivity (Wildman–Crippen MR) is 109 cm³/mol. The van der Waals surface area contributed by atoms with Crippen LogP contribution >= 0.6 is 0 Å². The highest BCUT2D eigenvalue weighted by Gasteiger charge is 2.68. The molecule has 4 fully saturated rings. The third kappa shape index (κ3) is 3.12. The number of carbonyl (C=O) groups is 3. The molecule has 4 atom stereocenters. The number of unbranched alkanes of at least 4 members (excludes halogenated alkanes) is 1. The number of imide groups is 1. The number of piperazine rings is 1. The van der Waals surface area contributed by atoms with Gasteiger partial charge >= 0.3 is 0 Å². The van der Waals surface area contributed by atoms with Crippen molar-refractivity contribution in [2.45, 2.75) is 32.6 Å². The summed E-state index contributed by atoms with van der Waals surface area (Å²) in [5.41, 5.74) is -0.296. The number of Topliss-reactive ketones (excluding diaryl/α,β-unsaturated/α-hetero) is 1. The monoisotopic (exact) mass is 411 g/mol. The minimum absolute atomic E-state index is 0.0287. The van der Waals surface area contributed by atoms with Gasteiger partial charge in [0, 0.05) is 57.5 Å². The van der Waals surface area contributed by atoms with E-state index in [1.807, 2.05) is 13.0 Å². The number of nitrogens with zero attached hydrogens (tertiary/aromatic N) is 5.